The molecule has 0 spiro atoms. The number of pyridine rings is 1. The van der Waals surface area contributed by atoms with E-state index in [4.69, 9.17) is 5.73 Å². The summed E-state index contributed by atoms with van der Waals surface area (Å²) < 4.78 is 0. The first kappa shape index (κ1) is 14.8. The normalized spacial score (nSPS) is 10.4. The summed E-state index contributed by atoms with van der Waals surface area (Å²) in [7, 11) is 1.82. The van der Waals surface area contributed by atoms with Gasteiger partial charge in [0.05, 0.1) is 0 Å². The molecule has 0 bridgehead atoms. The number of nitrogens with zero attached hydrogens (tertiary/aromatic N) is 2. The fourth-order valence-electron chi connectivity index (χ4n) is 1.68. The van der Waals surface area contributed by atoms with E-state index in [1.54, 1.807) is 22.7 Å². The second-order valence-corrected chi connectivity index (χ2v) is 5.18. The number of carbonyl (C=O) groups is 1. The number of rotatable bonds is 6. The second-order valence-electron chi connectivity index (χ2n) is 4.20. The molecule has 5 heteroatoms. The Labute approximate surface area is 113 Å². The highest BCUT2D eigenvalue weighted by atomic mass is 32.2. The molecule has 0 aromatic carbocycles. The van der Waals surface area contributed by atoms with E-state index < -0.39 is 0 Å². The van der Waals surface area contributed by atoms with Crippen LogP contribution in [0.4, 0.5) is 5.82 Å². The van der Waals surface area contributed by atoms with E-state index in [0.717, 1.165) is 30.8 Å². The number of anilines is 1. The molecule has 0 aliphatic heterocycles. The van der Waals surface area contributed by atoms with Crippen LogP contribution < -0.4 is 5.73 Å². The van der Waals surface area contributed by atoms with Crippen LogP contribution in [0.2, 0.25) is 0 Å². The number of aryl methyl sites for hydroxylation is 1. The highest BCUT2D eigenvalue weighted by Gasteiger charge is 2.13. The molecule has 2 N–H and O–H groups in total. The Morgan fingerprint density at radius 1 is 1.50 bits per heavy atom. The fourth-order valence-corrected chi connectivity index (χ4v) is 2.10. The van der Waals surface area contributed by atoms with Crippen LogP contribution in [0.5, 0.6) is 0 Å². The van der Waals surface area contributed by atoms with E-state index in [9.17, 15) is 4.79 Å². The predicted molar refractivity (Wildman–Crippen MR) is 78.0 cm³/mol. The number of carbonyl (C=O) groups excluding carboxylic acids is 1. The Balaban J connectivity index is 2.73. The van der Waals surface area contributed by atoms with Gasteiger partial charge in [-0.15, -0.1) is 0 Å². The Kier molecular flexibility index (Phi) is 5.98. The van der Waals surface area contributed by atoms with Crippen LogP contribution in [0.3, 0.4) is 0 Å². The first-order valence-electron chi connectivity index (χ1n) is 6.09. The molecule has 100 valence electrons. The van der Waals surface area contributed by atoms with Crippen LogP contribution >= 0.6 is 11.8 Å². The first-order chi connectivity index (χ1) is 8.58. The molecule has 4 nitrogen and oxygen atoms in total. The molecule has 1 rings (SSSR count). The molecular weight excluding hydrogens is 246 g/mol. The number of nitrogens with two attached hydrogens (primary N) is 1. The Hall–Kier alpha value is -1.23. The van der Waals surface area contributed by atoms with Crippen LogP contribution in [0.25, 0.3) is 0 Å². The molecule has 1 amide bonds. The standard InChI is InChI=1S/C13H21N3OS/c1-4-11-8-10(9-12(14)15-11)13(17)16(2)6-5-7-18-3/h8-9H,4-7H2,1-3H3,(H2,14,15). The number of hydrogen-bond donors (Lipinski definition) is 1. The van der Waals surface area contributed by atoms with Crippen LogP contribution in [0.1, 0.15) is 29.4 Å². The summed E-state index contributed by atoms with van der Waals surface area (Å²) in [6, 6.07) is 3.47. The summed E-state index contributed by atoms with van der Waals surface area (Å²) in [6.45, 7) is 2.77. The van der Waals surface area contributed by atoms with Gasteiger partial charge in [-0.2, -0.15) is 11.8 Å². The molecule has 1 heterocycles. The summed E-state index contributed by atoms with van der Waals surface area (Å²) in [6.07, 6.45) is 3.85. The number of hydrogen-bond acceptors (Lipinski definition) is 4. The highest BCUT2D eigenvalue weighted by molar-refractivity contribution is 7.98. The van der Waals surface area contributed by atoms with Gasteiger partial charge < -0.3 is 10.6 Å². The van der Waals surface area contributed by atoms with Gasteiger partial charge in [-0.3, -0.25) is 4.79 Å². The number of nitrogen functional groups attached to an aromatic ring is 1. The quantitative estimate of drug-likeness (QED) is 0.801. The minimum atomic E-state index is 0.0138. The molecule has 0 fully saturated rings. The maximum atomic E-state index is 12.2. The first-order valence-corrected chi connectivity index (χ1v) is 7.48. The van der Waals surface area contributed by atoms with Crippen LogP contribution in [-0.4, -0.2) is 41.4 Å². The molecule has 0 unspecified atom stereocenters. The van der Waals surface area contributed by atoms with Crippen LogP contribution in [0.15, 0.2) is 12.1 Å². The maximum Gasteiger partial charge on any atom is 0.253 e. The zero-order chi connectivity index (χ0) is 13.5. The van der Waals surface area contributed by atoms with Crippen molar-refractivity contribution in [3.63, 3.8) is 0 Å². The summed E-state index contributed by atoms with van der Waals surface area (Å²) in [5.41, 5.74) is 7.20. The van der Waals surface area contributed by atoms with E-state index in [-0.39, 0.29) is 5.91 Å². The topological polar surface area (TPSA) is 59.2 Å². The van der Waals surface area contributed by atoms with Crippen LogP contribution in [0, 0.1) is 0 Å². The third-order valence-electron chi connectivity index (χ3n) is 2.70. The molecule has 0 atom stereocenters. The van der Waals surface area contributed by atoms with Crippen molar-refractivity contribution in [2.75, 3.05) is 31.3 Å². The van der Waals surface area contributed by atoms with Gasteiger partial charge in [0.1, 0.15) is 5.82 Å². The van der Waals surface area contributed by atoms with E-state index in [1.165, 1.54) is 0 Å². The lowest BCUT2D eigenvalue weighted by Crippen LogP contribution is -2.28. The van der Waals surface area contributed by atoms with Gasteiger partial charge in [-0.25, -0.2) is 4.98 Å². The van der Waals surface area contributed by atoms with Crippen LogP contribution in [-0.2, 0) is 6.42 Å². The molecular formula is C13H21N3OS. The molecule has 1 aromatic rings. The molecule has 0 saturated carbocycles. The lowest BCUT2D eigenvalue weighted by Gasteiger charge is -2.17. The fraction of sp³-hybridized carbons (Fsp3) is 0.538. The summed E-state index contributed by atoms with van der Waals surface area (Å²) in [5.74, 6) is 1.49. The largest absolute Gasteiger partial charge is 0.384 e. The lowest BCUT2D eigenvalue weighted by atomic mass is 10.1. The molecule has 1 aromatic heterocycles. The van der Waals surface area contributed by atoms with Gasteiger partial charge in [0.25, 0.3) is 5.91 Å². The smallest absolute Gasteiger partial charge is 0.253 e. The zero-order valence-electron chi connectivity index (χ0n) is 11.3. The maximum absolute atomic E-state index is 12.2. The van der Waals surface area contributed by atoms with Gasteiger partial charge in [-0.1, -0.05) is 6.92 Å². The summed E-state index contributed by atoms with van der Waals surface area (Å²) in [5, 5.41) is 0. The number of thioether (sulfide) groups is 1. The van der Waals surface area contributed by atoms with Gasteiger partial charge in [0.15, 0.2) is 0 Å². The third-order valence-corrected chi connectivity index (χ3v) is 3.39. The monoisotopic (exact) mass is 267 g/mol. The van der Waals surface area contributed by atoms with Crippen molar-refractivity contribution in [2.45, 2.75) is 19.8 Å². The Morgan fingerprint density at radius 3 is 2.83 bits per heavy atom. The van der Waals surface area contributed by atoms with E-state index in [2.05, 4.69) is 11.2 Å². The minimum Gasteiger partial charge on any atom is -0.384 e. The second kappa shape index (κ2) is 7.26. The average molecular weight is 267 g/mol. The molecule has 0 radical (unpaired) electrons. The highest BCUT2D eigenvalue weighted by Crippen LogP contribution is 2.11. The molecule has 18 heavy (non-hydrogen) atoms. The average Bonchev–Trinajstić information content (AvgIpc) is 2.37. The van der Waals surface area contributed by atoms with Crippen molar-refractivity contribution < 1.29 is 4.79 Å². The molecule has 0 aliphatic carbocycles. The van der Waals surface area contributed by atoms with E-state index in [0.29, 0.717) is 11.4 Å². The third kappa shape index (κ3) is 4.22. The number of aromatic nitrogens is 1. The van der Waals surface area contributed by atoms with Crippen molar-refractivity contribution in [1.82, 2.24) is 9.88 Å². The van der Waals surface area contributed by atoms with Crippen molar-refractivity contribution in [1.29, 1.82) is 0 Å². The van der Waals surface area contributed by atoms with Gasteiger partial charge >= 0.3 is 0 Å². The van der Waals surface area contributed by atoms with Gasteiger partial charge in [0.2, 0.25) is 0 Å². The van der Waals surface area contributed by atoms with Crippen molar-refractivity contribution >= 4 is 23.5 Å². The van der Waals surface area contributed by atoms with E-state index >= 15 is 0 Å². The Morgan fingerprint density at radius 2 is 2.22 bits per heavy atom. The minimum absolute atomic E-state index is 0.0138. The Bertz CT molecular complexity index is 409. The van der Waals surface area contributed by atoms with Crippen molar-refractivity contribution in [3.8, 4) is 0 Å². The lowest BCUT2D eigenvalue weighted by molar-refractivity contribution is 0.0795. The SMILES string of the molecule is CCc1cc(C(=O)N(C)CCCSC)cc(N)n1. The van der Waals surface area contributed by atoms with Gasteiger partial charge in [0, 0.05) is 24.8 Å². The summed E-state index contributed by atoms with van der Waals surface area (Å²) in [4.78, 5) is 18.1. The van der Waals surface area contributed by atoms with Crippen molar-refractivity contribution in [2.24, 2.45) is 0 Å². The summed E-state index contributed by atoms with van der Waals surface area (Å²) >= 11 is 1.79. The predicted octanol–water partition coefficient (Wildman–Crippen LogP) is 2.05. The van der Waals surface area contributed by atoms with Crippen molar-refractivity contribution in [3.05, 3.63) is 23.4 Å². The molecule has 0 saturated heterocycles. The van der Waals surface area contributed by atoms with E-state index in [1.807, 2.05) is 20.0 Å². The number of amides is 1. The molecule has 0 aliphatic rings. The van der Waals surface area contributed by atoms with Gasteiger partial charge in [-0.05, 0) is 37.0 Å². The zero-order valence-corrected chi connectivity index (χ0v) is 12.1.